The molecule has 2 unspecified atom stereocenters. The van der Waals surface area contributed by atoms with Gasteiger partial charge in [0.2, 0.25) is 5.82 Å². The first kappa shape index (κ1) is 45.6. The summed E-state index contributed by atoms with van der Waals surface area (Å²) in [6, 6.07) is 0. The van der Waals surface area contributed by atoms with E-state index >= 15 is 0 Å². The van der Waals surface area contributed by atoms with Crippen molar-refractivity contribution in [1.29, 1.82) is 0 Å². The Morgan fingerprint density at radius 3 is 2.12 bits per heavy atom. The minimum absolute atomic E-state index is 0.0828. The quantitative estimate of drug-likeness (QED) is 0.0427. The molecule has 0 aromatic carbocycles. The molecule has 1 aromatic rings. The number of aromatic nitrogens is 2. The number of carbonyl (C=O) groups is 1. The highest BCUT2D eigenvalue weighted by molar-refractivity contribution is 7.99. The third kappa shape index (κ3) is 20.5. The number of phosphoric acid groups is 1. The van der Waals surface area contributed by atoms with E-state index < -0.39 is 62.0 Å². The number of hydrogen-bond acceptors (Lipinski definition) is 10. The Bertz CT molecular complexity index is 1250. The zero-order valence-corrected chi connectivity index (χ0v) is 32.9. The maximum atomic E-state index is 13.9. The summed E-state index contributed by atoms with van der Waals surface area (Å²) >= 11 is 1.75. The molecule has 2 N–H and O–H groups in total. The van der Waals surface area contributed by atoms with Crippen molar-refractivity contribution in [2.75, 3.05) is 31.3 Å². The average molecular weight is 767 g/mol. The average Bonchev–Trinajstić information content (AvgIpc) is 3.48. The molecule has 0 saturated carbocycles. The lowest BCUT2D eigenvalue weighted by molar-refractivity contribution is -0.150. The molecule has 296 valence electrons. The van der Waals surface area contributed by atoms with Gasteiger partial charge in [0.1, 0.15) is 18.4 Å². The molecule has 1 saturated heterocycles. The van der Waals surface area contributed by atoms with Gasteiger partial charge in [0.15, 0.2) is 0 Å². The predicted molar refractivity (Wildman–Crippen MR) is 199 cm³/mol. The summed E-state index contributed by atoms with van der Waals surface area (Å²) in [5.74, 6) is -0.261. The Morgan fingerprint density at radius 2 is 1.53 bits per heavy atom. The summed E-state index contributed by atoms with van der Waals surface area (Å²) in [6.07, 6.45) is 19.1. The first-order chi connectivity index (χ1) is 24.6. The van der Waals surface area contributed by atoms with Gasteiger partial charge in [-0.15, -0.1) is 0 Å². The molecule has 12 nitrogen and oxygen atoms in total. The highest BCUT2D eigenvalue weighted by Crippen LogP contribution is 2.45. The second kappa shape index (κ2) is 27.1. The van der Waals surface area contributed by atoms with E-state index in [1.807, 2.05) is 4.98 Å². The fraction of sp³-hybridized carbons (Fsp3) is 0.861. The zero-order valence-electron chi connectivity index (χ0n) is 31.2. The van der Waals surface area contributed by atoms with Gasteiger partial charge in [0.25, 0.3) is 5.56 Å². The van der Waals surface area contributed by atoms with Crippen LogP contribution in [0.5, 0.6) is 0 Å². The fourth-order valence-corrected chi connectivity index (χ4v) is 7.75. The van der Waals surface area contributed by atoms with E-state index in [-0.39, 0.29) is 13.0 Å². The summed E-state index contributed by atoms with van der Waals surface area (Å²) in [4.78, 5) is 47.8. The van der Waals surface area contributed by atoms with Crippen molar-refractivity contribution in [1.82, 2.24) is 9.55 Å². The number of ether oxygens (including phenoxy) is 3. The van der Waals surface area contributed by atoms with Gasteiger partial charge >= 0.3 is 19.5 Å². The number of esters is 1. The van der Waals surface area contributed by atoms with Gasteiger partial charge in [0.05, 0.1) is 25.5 Å². The van der Waals surface area contributed by atoms with Crippen LogP contribution in [0.15, 0.2) is 15.8 Å². The molecule has 51 heavy (non-hydrogen) atoms. The highest BCUT2D eigenvalue weighted by Gasteiger charge is 2.41. The SMILES string of the molecule is CCCCCCCCCCCCSCC(COP(=O)(O)OC[C@H]1O[C@@H](n2cc(F)c(=O)[nH]c2=O)C[C@@H]1OC(C)=O)OCCCCCCCCCC. The van der Waals surface area contributed by atoms with Crippen molar-refractivity contribution in [3.05, 3.63) is 32.9 Å². The molecule has 5 atom stereocenters. The predicted octanol–water partition coefficient (Wildman–Crippen LogP) is 8.21. The molecule has 0 bridgehead atoms. The molecule has 0 aliphatic carbocycles. The number of phosphoric ester groups is 1. The van der Waals surface area contributed by atoms with Crippen molar-refractivity contribution in [3.8, 4) is 0 Å². The largest absolute Gasteiger partial charge is 0.472 e. The molecule has 0 radical (unpaired) electrons. The van der Waals surface area contributed by atoms with Crippen LogP contribution in [0.2, 0.25) is 0 Å². The normalized spacial score (nSPS) is 19.3. The number of halogens is 1. The van der Waals surface area contributed by atoms with Crippen molar-refractivity contribution in [2.24, 2.45) is 0 Å². The molecule has 1 aliphatic rings. The molecule has 2 rings (SSSR count). The van der Waals surface area contributed by atoms with Crippen LogP contribution in [0.1, 0.15) is 149 Å². The Hall–Kier alpha value is -1.54. The fourth-order valence-electron chi connectivity index (χ4n) is 5.95. The van der Waals surface area contributed by atoms with Gasteiger partial charge in [-0.05, 0) is 18.6 Å². The summed E-state index contributed by atoms with van der Waals surface area (Å²) in [5.41, 5.74) is -2.10. The van der Waals surface area contributed by atoms with Crippen molar-refractivity contribution < 1.29 is 41.9 Å². The number of nitrogens with one attached hydrogen (secondary N) is 1. The third-order valence-electron chi connectivity index (χ3n) is 8.86. The Morgan fingerprint density at radius 1 is 0.961 bits per heavy atom. The minimum atomic E-state index is -4.59. The number of hydrogen-bond donors (Lipinski definition) is 2. The van der Waals surface area contributed by atoms with Gasteiger partial charge in [-0.1, -0.05) is 117 Å². The van der Waals surface area contributed by atoms with E-state index in [2.05, 4.69) is 13.8 Å². The zero-order chi connectivity index (χ0) is 37.3. The smallest absolute Gasteiger partial charge is 0.460 e. The third-order valence-corrected chi connectivity index (χ3v) is 11.0. The van der Waals surface area contributed by atoms with Crippen LogP contribution in [0.3, 0.4) is 0 Å². The molecular formula is C36H64FN2O10PS. The molecular weight excluding hydrogens is 702 g/mol. The topological polar surface area (TPSA) is 155 Å². The van der Waals surface area contributed by atoms with Crippen LogP contribution in [0, 0.1) is 5.82 Å². The first-order valence-corrected chi connectivity index (χ1v) is 21.9. The van der Waals surface area contributed by atoms with Gasteiger partial charge in [-0.2, -0.15) is 16.2 Å². The van der Waals surface area contributed by atoms with Crippen LogP contribution in [-0.2, 0) is 32.6 Å². The number of H-pyrrole nitrogens is 1. The second-order valence-electron chi connectivity index (χ2n) is 13.4. The molecule has 0 spiro atoms. The van der Waals surface area contributed by atoms with E-state index in [4.69, 9.17) is 23.3 Å². The number of nitrogens with zero attached hydrogens (tertiary/aromatic N) is 1. The van der Waals surface area contributed by atoms with E-state index in [1.54, 1.807) is 11.8 Å². The molecule has 1 fully saturated rings. The molecule has 0 amide bonds. The maximum Gasteiger partial charge on any atom is 0.472 e. The number of thioether (sulfide) groups is 1. The summed E-state index contributed by atoms with van der Waals surface area (Å²) < 4.78 is 55.4. The Labute approximate surface area is 307 Å². The standard InChI is InChI=1S/C36H64FN2O10PS/c1-4-6-8-10-12-14-15-17-19-21-23-51-28-30(45-22-20-18-16-13-11-9-7-5-2)26-46-50(43,44)47-27-33-32(48-29(3)40)24-34(49-33)39-25-31(37)35(41)38-36(39)42/h25,30,32-34H,4-24,26-28H2,1-3H3,(H,43,44)(H,38,41,42)/t30?,32-,33+,34+/m0/s1. The number of rotatable bonds is 31. The van der Waals surface area contributed by atoms with Crippen LogP contribution in [0.25, 0.3) is 0 Å². The van der Waals surface area contributed by atoms with Gasteiger partial charge < -0.3 is 19.1 Å². The number of unbranched alkanes of at least 4 members (excludes halogenated alkanes) is 16. The maximum absolute atomic E-state index is 13.9. The van der Waals surface area contributed by atoms with E-state index in [1.165, 1.54) is 96.8 Å². The molecule has 15 heteroatoms. The Kier molecular flexibility index (Phi) is 24.2. The van der Waals surface area contributed by atoms with Gasteiger partial charge in [-0.25, -0.2) is 9.36 Å². The first-order valence-electron chi connectivity index (χ1n) is 19.2. The van der Waals surface area contributed by atoms with Crippen molar-refractivity contribution in [2.45, 2.75) is 167 Å². The number of carbonyl (C=O) groups excluding carboxylic acids is 1. The van der Waals surface area contributed by atoms with Crippen molar-refractivity contribution >= 4 is 25.6 Å². The lowest BCUT2D eigenvalue weighted by Gasteiger charge is -2.22. The highest BCUT2D eigenvalue weighted by atomic mass is 32.2. The van der Waals surface area contributed by atoms with E-state index in [9.17, 15) is 28.2 Å². The van der Waals surface area contributed by atoms with Crippen LogP contribution < -0.4 is 11.2 Å². The molecule has 1 aromatic heterocycles. The second-order valence-corrected chi connectivity index (χ2v) is 16.0. The summed E-state index contributed by atoms with van der Waals surface area (Å²) in [5, 5.41) is 0. The van der Waals surface area contributed by atoms with Crippen LogP contribution in [-0.4, -0.2) is 70.1 Å². The number of aromatic amines is 1. The monoisotopic (exact) mass is 766 g/mol. The van der Waals surface area contributed by atoms with E-state index in [0.717, 1.165) is 36.0 Å². The molecule has 2 heterocycles. The van der Waals surface area contributed by atoms with Gasteiger partial charge in [-0.3, -0.25) is 28.2 Å². The molecule has 1 aliphatic heterocycles. The van der Waals surface area contributed by atoms with Crippen LogP contribution >= 0.6 is 19.6 Å². The minimum Gasteiger partial charge on any atom is -0.460 e. The lowest BCUT2D eigenvalue weighted by Crippen LogP contribution is -2.34. The lowest BCUT2D eigenvalue weighted by atomic mass is 10.1. The van der Waals surface area contributed by atoms with Crippen molar-refractivity contribution in [3.63, 3.8) is 0 Å². The Balaban J connectivity index is 1.84. The van der Waals surface area contributed by atoms with Crippen LogP contribution in [0.4, 0.5) is 4.39 Å². The summed E-state index contributed by atoms with van der Waals surface area (Å²) in [7, 11) is -4.59. The van der Waals surface area contributed by atoms with E-state index in [0.29, 0.717) is 18.6 Å². The van der Waals surface area contributed by atoms with Gasteiger partial charge in [0, 0.05) is 25.7 Å². The summed E-state index contributed by atoms with van der Waals surface area (Å²) in [6.45, 7) is 5.50.